The highest BCUT2D eigenvalue weighted by Crippen LogP contribution is 2.31. The molecule has 1 aromatic heterocycles. The molecule has 98 valence electrons. The summed E-state index contributed by atoms with van der Waals surface area (Å²) in [5.74, 6) is 1.73. The predicted molar refractivity (Wildman–Crippen MR) is 67.8 cm³/mol. The lowest BCUT2D eigenvalue weighted by Gasteiger charge is -2.32. The highest BCUT2D eigenvalue weighted by Gasteiger charge is 2.34. The summed E-state index contributed by atoms with van der Waals surface area (Å²) in [7, 11) is 0. The number of hydrogen-bond acceptors (Lipinski definition) is 3. The van der Waals surface area contributed by atoms with E-state index in [1.54, 1.807) is 6.20 Å². The van der Waals surface area contributed by atoms with Crippen LogP contribution in [0.5, 0.6) is 0 Å². The number of amides is 1. The van der Waals surface area contributed by atoms with E-state index in [9.17, 15) is 4.79 Å². The van der Waals surface area contributed by atoms with Crippen molar-refractivity contribution in [1.82, 2.24) is 20.2 Å². The zero-order chi connectivity index (χ0) is 12.4. The number of piperidine rings is 1. The van der Waals surface area contributed by atoms with Gasteiger partial charge in [0.25, 0.3) is 0 Å². The Morgan fingerprint density at radius 3 is 2.78 bits per heavy atom. The molecule has 1 aromatic rings. The first-order valence-electron chi connectivity index (χ1n) is 6.83. The van der Waals surface area contributed by atoms with Gasteiger partial charge in [-0.05, 0) is 25.7 Å². The van der Waals surface area contributed by atoms with Crippen molar-refractivity contribution < 1.29 is 4.79 Å². The Bertz CT molecular complexity index is 391. The molecule has 2 fully saturated rings. The van der Waals surface area contributed by atoms with Crippen LogP contribution in [0.3, 0.4) is 0 Å². The molecule has 1 saturated carbocycles. The van der Waals surface area contributed by atoms with Crippen LogP contribution in [0.1, 0.15) is 31.5 Å². The third-order valence-electron chi connectivity index (χ3n) is 3.85. The average Bonchev–Trinajstić information content (AvgIpc) is 3.13. The van der Waals surface area contributed by atoms with Gasteiger partial charge >= 0.3 is 0 Å². The van der Waals surface area contributed by atoms with E-state index in [-0.39, 0.29) is 0 Å². The van der Waals surface area contributed by atoms with E-state index >= 15 is 0 Å². The van der Waals surface area contributed by atoms with E-state index in [1.165, 1.54) is 0 Å². The number of carbonyl (C=O) groups is 1. The van der Waals surface area contributed by atoms with Crippen LogP contribution in [-0.2, 0) is 11.3 Å². The highest BCUT2D eigenvalue weighted by atomic mass is 16.2. The molecule has 0 atom stereocenters. The number of imidazole rings is 1. The quantitative estimate of drug-likeness (QED) is 0.832. The number of aromatic nitrogens is 2. The molecule has 5 nitrogen and oxygen atoms in total. The van der Waals surface area contributed by atoms with Crippen molar-refractivity contribution in [2.24, 2.45) is 5.92 Å². The summed E-state index contributed by atoms with van der Waals surface area (Å²) < 4.78 is 0. The molecule has 1 aliphatic heterocycles. The van der Waals surface area contributed by atoms with Gasteiger partial charge in [-0.2, -0.15) is 0 Å². The smallest absolute Gasteiger partial charge is 0.225 e. The maximum atomic E-state index is 11.9. The number of rotatable bonds is 4. The highest BCUT2D eigenvalue weighted by molar-refractivity contribution is 5.81. The molecule has 0 bridgehead atoms. The maximum absolute atomic E-state index is 11.9. The van der Waals surface area contributed by atoms with Crippen LogP contribution in [0.4, 0.5) is 0 Å². The molecule has 0 spiro atoms. The molecule has 18 heavy (non-hydrogen) atoms. The Balaban J connectivity index is 1.41. The van der Waals surface area contributed by atoms with E-state index in [0.717, 1.165) is 51.1 Å². The lowest BCUT2D eigenvalue weighted by atomic mass is 10.0. The summed E-state index contributed by atoms with van der Waals surface area (Å²) >= 11 is 0. The Morgan fingerprint density at radius 2 is 2.17 bits per heavy atom. The van der Waals surface area contributed by atoms with Gasteiger partial charge < -0.3 is 15.2 Å². The van der Waals surface area contributed by atoms with Gasteiger partial charge in [-0.15, -0.1) is 0 Å². The van der Waals surface area contributed by atoms with Crippen molar-refractivity contribution in [2.45, 2.75) is 38.3 Å². The van der Waals surface area contributed by atoms with Gasteiger partial charge in [0.1, 0.15) is 5.82 Å². The van der Waals surface area contributed by atoms with Crippen LogP contribution in [0.25, 0.3) is 0 Å². The van der Waals surface area contributed by atoms with Crippen molar-refractivity contribution in [3.05, 3.63) is 18.2 Å². The van der Waals surface area contributed by atoms with Crippen molar-refractivity contribution in [3.8, 4) is 0 Å². The zero-order valence-corrected chi connectivity index (χ0v) is 10.6. The van der Waals surface area contributed by atoms with Crippen LogP contribution < -0.4 is 5.32 Å². The summed E-state index contributed by atoms with van der Waals surface area (Å²) in [6.07, 6.45) is 7.94. The van der Waals surface area contributed by atoms with E-state index in [2.05, 4.69) is 15.3 Å². The second-order valence-corrected chi connectivity index (χ2v) is 5.29. The number of likely N-dealkylation sites (tertiary alicyclic amines) is 1. The van der Waals surface area contributed by atoms with E-state index in [1.807, 2.05) is 11.1 Å². The minimum atomic E-state index is 0.359. The summed E-state index contributed by atoms with van der Waals surface area (Å²) in [4.78, 5) is 21.2. The standard InChI is InChI=1S/C13H20N4O/c18-13(10-1-2-10)17-7-3-11(4-8-17)16-9-12-14-5-6-15-12/h5-6,10-11,16H,1-4,7-9H2,(H,14,15). The number of aromatic amines is 1. The lowest BCUT2D eigenvalue weighted by molar-refractivity contribution is -0.133. The van der Waals surface area contributed by atoms with Gasteiger partial charge in [0, 0.05) is 37.4 Å². The monoisotopic (exact) mass is 248 g/mol. The minimum absolute atomic E-state index is 0.359. The fraction of sp³-hybridized carbons (Fsp3) is 0.692. The number of hydrogen-bond donors (Lipinski definition) is 2. The second kappa shape index (κ2) is 5.10. The molecule has 1 saturated heterocycles. The number of H-pyrrole nitrogens is 1. The van der Waals surface area contributed by atoms with Crippen LogP contribution in [-0.4, -0.2) is 39.9 Å². The van der Waals surface area contributed by atoms with Crippen LogP contribution in [0.2, 0.25) is 0 Å². The van der Waals surface area contributed by atoms with Gasteiger partial charge in [0.05, 0.1) is 6.54 Å². The number of nitrogens with zero attached hydrogens (tertiary/aromatic N) is 2. The molecular formula is C13H20N4O. The van der Waals surface area contributed by atoms with Crippen molar-refractivity contribution in [1.29, 1.82) is 0 Å². The molecule has 1 aliphatic carbocycles. The summed E-state index contributed by atoms with van der Waals surface area (Å²) in [6, 6.07) is 0.512. The Hall–Kier alpha value is -1.36. The normalized spacial score (nSPS) is 21.2. The molecule has 3 rings (SSSR count). The van der Waals surface area contributed by atoms with Crippen molar-refractivity contribution in [3.63, 3.8) is 0 Å². The fourth-order valence-corrected chi connectivity index (χ4v) is 2.53. The molecule has 5 heteroatoms. The summed E-state index contributed by atoms with van der Waals surface area (Å²) in [6.45, 7) is 2.60. The summed E-state index contributed by atoms with van der Waals surface area (Å²) in [5.41, 5.74) is 0. The van der Waals surface area contributed by atoms with E-state index < -0.39 is 0 Å². The molecular weight excluding hydrogens is 228 g/mol. The van der Waals surface area contributed by atoms with Crippen LogP contribution in [0.15, 0.2) is 12.4 Å². The first-order chi connectivity index (χ1) is 8.83. The van der Waals surface area contributed by atoms with Crippen LogP contribution >= 0.6 is 0 Å². The Kier molecular flexibility index (Phi) is 3.32. The third-order valence-corrected chi connectivity index (χ3v) is 3.85. The van der Waals surface area contributed by atoms with Gasteiger partial charge in [-0.3, -0.25) is 4.79 Å². The van der Waals surface area contributed by atoms with Gasteiger partial charge in [0.2, 0.25) is 5.91 Å². The molecule has 2 N–H and O–H groups in total. The SMILES string of the molecule is O=C(C1CC1)N1CCC(NCc2ncc[nH]2)CC1. The van der Waals surface area contributed by atoms with E-state index in [4.69, 9.17) is 0 Å². The molecule has 0 radical (unpaired) electrons. The van der Waals surface area contributed by atoms with Gasteiger partial charge in [0.15, 0.2) is 0 Å². The number of carbonyl (C=O) groups excluding carboxylic acids is 1. The van der Waals surface area contributed by atoms with Crippen LogP contribution in [0, 0.1) is 5.92 Å². The summed E-state index contributed by atoms with van der Waals surface area (Å²) in [5, 5.41) is 3.50. The largest absolute Gasteiger partial charge is 0.348 e. The minimum Gasteiger partial charge on any atom is -0.348 e. The van der Waals surface area contributed by atoms with Crippen molar-refractivity contribution >= 4 is 5.91 Å². The first-order valence-corrected chi connectivity index (χ1v) is 6.83. The molecule has 0 aromatic carbocycles. The topological polar surface area (TPSA) is 61.0 Å². The van der Waals surface area contributed by atoms with Gasteiger partial charge in [-0.25, -0.2) is 4.98 Å². The zero-order valence-electron chi connectivity index (χ0n) is 10.6. The first kappa shape index (κ1) is 11.7. The lowest BCUT2D eigenvalue weighted by Crippen LogP contribution is -2.45. The Morgan fingerprint density at radius 1 is 1.39 bits per heavy atom. The second-order valence-electron chi connectivity index (χ2n) is 5.29. The third kappa shape index (κ3) is 2.72. The Labute approximate surface area is 107 Å². The maximum Gasteiger partial charge on any atom is 0.225 e. The molecule has 0 unspecified atom stereocenters. The van der Waals surface area contributed by atoms with Gasteiger partial charge in [-0.1, -0.05) is 0 Å². The predicted octanol–water partition coefficient (Wildman–Crippen LogP) is 0.900. The van der Waals surface area contributed by atoms with E-state index in [0.29, 0.717) is 17.9 Å². The average molecular weight is 248 g/mol. The molecule has 2 heterocycles. The number of nitrogens with one attached hydrogen (secondary N) is 2. The fourth-order valence-electron chi connectivity index (χ4n) is 2.53. The van der Waals surface area contributed by atoms with Crippen molar-refractivity contribution in [2.75, 3.05) is 13.1 Å². The molecule has 1 amide bonds. The molecule has 2 aliphatic rings.